The van der Waals surface area contributed by atoms with Crippen LogP contribution in [-0.4, -0.2) is 17.4 Å². The Morgan fingerprint density at radius 3 is 2.84 bits per heavy atom. The van der Waals surface area contributed by atoms with E-state index in [9.17, 15) is 0 Å². The summed E-state index contributed by atoms with van der Waals surface area (Å²) >= 11 is 6.19. The van der Waals surface area contributed by atoms with Gasteiger partial charge < -0.3 is 4.90 Å². The normalized spacial score (nSPS) is 19.9. The number of fused-ring (bicyclic) bond motifs is 2. The number of nitrogens with zero attached hydrogens (tertiary/aromatic N) is 3. The molecule has 1 fully saturated rings. The van der Waals surface area contributed by atoms with Crippen LogP contribution in [0.5, 0.6) is 0 Å². The minimum atomic E-state index is 0.623. The molecule has 192 valence electrons. The van der Waals surface area contributed by atoms with Crippen LogP contribution in [0.3, 0.4) is 0 Å². The number of pyridine rings is 1. The Kier molecular flexibility index (Phi) is 6.24. The zero-order valence-electron chi connectivity index (χ0n) is 21.3. The largest absolute Gasteiger partial charge is 0.366 e. The fourth-order valence-electron chi connectivity index (χ4n) is 6.16. The van der Waals surface area contributed by atoms with E-state index in [2.05, 4.69) is 75.6 Å². The topological polar surface area (TPSA) is 69.2 Å². The number of nitrogens with two attached hydrogens (primary N) is 1. The van der Waals surface area contributed by atoms with Crippen molar-refractivity contribution in [2.75, 3.05) is 11.4 Å². The van der Waals surface area contributed by atoms with Crippen molar-refractivity contribution in [1.82, 2.24) is 15.9 Å². The average molecular weight is 524 g/mol. The zero-order valence-corrected chi connectivity index (χ0v) is 22.1. The maximum absolute atomic E-state index is 6.19. The molecule has 0 amide bonds. The van der Waals surface area contributed by atoms with Gasteiger partial charge in [0.2, 0.25) is 0 Å². The second-order valence-electron chi connectivity index (χ2n) is 10.8. The molecule has 1 aliphatic carbocycles. The molecule has 4 N–H and O–H groups in total. The third kappa shape index (κ3) is 4.87. The minimum absolute atomic E-state index is 0.623. The van der Waals surface area contributed by atoms with E-state index < -0.39 is 0 Å². The highest BCUT2D eigenvalue weighted by atomic mass is 35.5. The van der Waals surface area contributed by atoms with E-state index in [-0.39, 0.29) is 0 Å². The van der Waals surface area contributed by atoms with Crippen LogP contribution in [0.2, 0.25) is 5.02 Å². The fourth-order valence-corrected chi connectivity index (χ4v) is 6.32. The maximum Gasteiger partial charge on any atom is 0.178 e. The summed E-state index contributed by atoms with van der Waals surface area (Å²) in [5.41, 5.74) is 17.1. The summed E-state index contributed by atoms with van der Waals surface area (Å²) in [7, 11) is 0. The summed E-state index contributed by atoms with van der Waals surface area (Å²) in [4.78, 5) is 7.47. The van der Waals surface area contributed by atoms with Crippen LogP contribution in [0.15, 0.2) is 77.9 Å². The second kappa shape index (κ2) is 10.0. The lowest BCUT2D eigenvalue weighted by atomic mass is 10.0. The molecule has 0 radical (unpaired) electrons. The van der Waals surface area contributed by atoms with Crippen molar-refractivity contribution in [3.05, 3.63) is 106 Å². The highest BCUT2D eigenvalue weighted by Gasteiger charge is 2.38. The summed E-state index contributed by atoms with van der Waals surface area (Å²) < 4.78 is 0. The molecule has 3 aromatic carbocycles. The minimum Gasteiger partial charge on any atom is -0.366 e. The molecule has 1 saturated carbocycles. The average Bonchev–Trinajstić information content (AvgIpc) is 3.29. The predicted molar refractivity (Wildman–Crippen MR) is 153 cm³/mol. The van der Waals surface area contributed by atoms with Crippen molar-refractivity contribution < 1.29 is 5.53 Å². The van der Waals surface area contributed by atoms with Crippen molar-refractivity contribution >= 4 is 34.0 Å². The monoisotopic (exact) mass is 523 g/mol. The number of aryl methyl sites for hydroxylation is 1. The Balaban J connectivity index is 1.03. The predicted octanol–water partition coefficient (Wildman–Crippen LogP) is 4.63. The molecule has 4 aromatic rings. The van der Waals surface area contributed by atoms with Gasteiger partial charge in [-0.1, -0.05) is 71.7 Å². The van der Waals surface area contributed by atoms with Gasteiger partial charge in [0.1, 0.15) is 0 Å². The Hall–Kier alpha value is -3.45. The number of para-hydroxylation sites is 1. The first-order valence-corrected chi connectivity index (χ1v) is 14.0. The van der Waals surface area contributed by atoms with Gasteiger partial charge in [0.15, 0.2) is 5.84 Å². The Morgan fingerprint density at radius 2 is 1.92 bits per heavy atom. The summed E-state index contributed by atoms with van der Waals surface area (Å²) in [5, 5.41) is 6.24. The van der Waals surface area contributed by atoms with E-state index in [1.165, 1.54) is 34.4 Å². The van der Waals surface area contributed by atoms with Gasteiger partial charge >= 0.3 is 0 Å². The van der Waals surface area contributed by atoms with Crippen LogP contribution >= 0.6 is 11.6 Å². The molecule has 38 heavy (non-hydrogen) atoms. The van der Waals surface area contributed by atoms with Gasteiger partial charge in [0.25, 0.3) is 0 Å². The number of benzene rings is 3. The van der Waals surface area contributed by atoms with Gasteiger partial charge in [-0.05, 0) is 83.1 Å². The van der Waals surface area contributed by atoms with Crippen molar-refractivity contribution in [3.8, 4) is 0 Å². The summed E-state index contributed by atoms with van der Waals surface area (Å²) in [6.07, 6.45) is 5.27. The lowest BCUT2D eigenvalue weighted by Crippen LogP contribution is -2.87. The van der Waals surface area contributed by atoms with Crippen LogP contribution in [-0.2, 0) is 25.8 Å². The number of rotatable bonds is 8. The molecule has 2 unspecified atom stereocenters. The Bertz CT molecular complexity index is 1530. The summed E-state index contributed by atoms with van der Waals surface area (Å²) in [6.45, 7) is 2.03. The number of anilines is 1. The first-order valence-electron chi connectivity index (χ1n) is 13.6. The summed E-state index contributed by atoms with van der Waals surface area (Å²) in [6, 6.07) is 26.3. The molecule has 2 atom stereocenters. The van der Waals surface area contributed by atoms with Crippen LogP contribution in [0, 0.1) is 5.92 Å². The van der Waals surface area contributed by atoms with Gasteiger partial charge in [-0.2, -0.15) is 0 Å². The molecule has 1 aromatic heterocycles. The van der Waals surface area contributed by atoms with Gasteiger partial charge in [0.05, 0.1) is 5.52 Å². The van der Waals surface area contributed by atoms with Crippen LogP contribution in [0.1, 0.15) is 46.7 Å². The molecular weight excluding hydrogens is 492 g/mol. The van der Waals surface area contributed by atoms with E-state index in [1.54, 1.807) is 5.53 Å². The number of hydrogen-bond donors (Lipinski definition) is 3. The SMILES string of the molecule is Clc1ccc2ccc(CC3CC3c3cccc(CN4CCc5cccc(CCC6=N[NH2+]NN6)c54)c3)nc2c1. The highest BCUT2D eigenvalue weighted by Crippen LogP contribution is 2.49. The van der Waals surface area contributed by atoms with Crippen molar-refractivity contribution in [3.63, 3.8) is 0 Å². The van der Waals surface area contributed by atoms with E-state index in [0.717, 1.165) is 66.2 Å². The quantitative estimate of drug-likeness (QED) is 0.295. The number of aromatic nitrogens is 1. The van der Waals surface area contributed by atoms with Gasteiger partial charge in [-0.3, -0.25) is 10.4 Å². The molecule has 7 heteroatoms. The second-order valence-corrected chi connectivity index (χ2v) is 11.2. The molecule has 6 nitrogen and oxygen atoms in total. The van der Waals surface area contributed by atoms with Gasteiger partial charge in [0, 0.05) is 41.3 Å². The number of amidine groups is 1. The van der Waals surface area contributed by atoms with Crippen molar-refractivity contribution in [2.45, 2.75) is 44.6 Å². The summed E-state index contributed by atoms with van der Waals surface area (Å²) in [5.74, 6) is 2.28. The number of hydrazine groups is 1. The first-order chi connectivity index (χ1) is 18.7. The third-order valence-electron chi connectivity index (χ3n) is 8.16. The molecule has 0 saturated heterocycles. The smallest absolute Gasteiger partial charge is 0.178 e. The van der Waals surface area contributed by atoms with E-state index in [0.29, 0.717) is 11.8 Å². The van der Waals surface area contributed by atoms with Crippen LogP contribution in [0.25, 0.3) is 10.9 Å². The van der Waals surface area contributed by atoms with Crippen LogP contribution in [0.4, 0.5) is 5.69 Å². The number of hydrogen-bond acceptors (Lipinski definition) is 5. The standard InChI is InChI=1S/C31H31ClN6/c32-26-10-7-21-8-11-27(33-29(21)18-26)16-25-17-28(25)24-6-1-3-20(15-24)19-38-14-13-23-5-2-4-22(31(23)38)9-12-30-34-36-37-35-30/h1-8,10-11,15,18,25,28,36-37H,9,12-14,16-17,19H2,(H,34,35)/p+1. The maximum atomic E-state index is 6.19. The van der Waals surface area contributed by atoms with E-state index in [4.69, 9.17) is 16.6 Å². The number of halogens is 1. The molecule has 7 rings (SSSR count). The lowest BCUT2D eigenvalue weighted by molar-refractivity contribution is -0.713. The van der Waals surface area contributed by atoms with Crippen molar-refractivity contribution in [1.29, 1.82) is 0 Å². The first kappa shape index (κ1) is 23.7. The molecule has 0 bridgehead atoms. The van der Waals surface area contributed by atoms with Crippen LogP contribution < -0.4 is 21.4 Å². The molecule has 0 spiro atoms. The zero-order chi connectivity index (χ0) is 25.5. The number of nitrogens with one attached hydrogen (secondary N) is 2. The van der Waals surface area contributed by atoms with E-state index >= 15 is 0 Å². The van der Waals surface area contributed by atoms with Crippen molar-refractivity contribution in [2.24, 2.45) is 11.0 Å². The van der Waals surface area contributed by atoms with Gasteiger partial charge in [-0.25, -0.2) is 0 Å². The fraction of sp³-hybridized carbons (Fsp3) is 0.290. The van der Waals surface area contributed by atoms with E-state index in [1.807, 2.05) is 18.2 Å². The van der Waals surface area contributed by atoms with Gasteiger partial charge in [-0.15, -0.1) is 5.53 Å². The lowest BCUT2D eigenvalue weighted by Gasteiger charge is -2.23. The molecule has 3 aliphatic rings. The Labute approximate surface area is 228 Å². The number of quaternary nitrogens is 1. The molecule has 3 heterocycles. The molecular formula is C31H32ClN6+. The molecule has 2 aliphatic heterocycles. The Morgan fingerprint density at radius 1 is 1.00 bits per heavy atom. The third-order valence-corrected chi connectivity index (χ3v) is 8.40. The highest BCUT2D eigenvalue weighted by molar-refractivity contribution is 6.31.